The second-order valence-corrected chi connectivity index (χ2v) is 3.55. The fourth-order valence-electron chi connectivity index (χ4n) is 1.50. The summed E-state index contributed by atoms with van der Waals surface area (Å²) >= 11 is 0. The first-order valence-corrected chi connectivity index (χ1v) is 4.88. The van der Waals surface area contributed by atoms with E-state index < -0.39 is 11.7 Å². The van der Waals surface area contributed by atoms with Crippen molar-refractivity contribution in [1.29, 1.82) is 0 Å². The first-order valence-electron chi connectivity index (χ1n) is 4.88. The summed E-state index contributed by atoms with van der Waals surface area (Å²) in [6, 6.07) is 3.30. The Bertz CT molecular complexity index is 564. The minimum atomic E-state index is -4.46. The zero-order valence-corrected chi connectivity index (χ0v) is 9.28. The summed E-state index contributed by atoms with van der Waals surface area (Å²) in [6.07, 6.45) is -3.21. The fourth-order valence-corrected chi connectivity index (χ4v) is 1.50. The van der Waals surface area contributed by atoms with E-state index in [0.717, 1.165) is 12.1 Å². The highest BCUT2D eigenvalue weighted by Gasteiger charge is 2.31. The molecule has 0 unspecified atom stereocenters. The Hall–Kier alpha value is -2.18. The van der Waals surface area contributed by atoms with Crippen LogP contribution in [0.5, 0.6) is 5.75 Å². The molecule has 4 nitrogen and oxygen atoms in total. The molecule has 0 fully saturated rings. The number of nitrogens with zero attached hydrogens (tertiary/aromatic N) is 1. The van der Waals surface area contributed by atoms with Crippen molar-refractivity contribution in [3.05, 3.63) is 30.0 Å². The molecule has 0 bridgehead atoms. The summed E-state index contributed by atoms with van der Waals surface area (Å²) in [6.45, 7) is 0. The van der Waals surface area contributed by atoms with Crippen molar-refractivity contribution in [1.82, 2.24) is 5.16 Å². The smallest absolute Gasteiger partial charge is 0.416 e. The second-order valence-electron chi connectivity index (χ2n) is 3.55. The van der Waals surface area contributed by atoms with Crippen LogP contribution in [0.1, 0.15) is 5.56 Å². The zero-order valence-electron chi connectivity index (χ0n) is 9.28. The molecule has 0 atom stereocenters. The molecule has 0 saturated carbocycles. The maximum Gasteiger partial charge on any atom is 0.416 e. The van der Waals surface area contributed by atoms with Gasteiger partial charge in [-0.2, -0.15) is 13.2 Å². The van der Waals surface area contributed by atoms with E-state index in [2.05, 4.69) is 9.68 Å². The molecular formula is C11H9F3N2O2. The number of halogens is 3. The van der Waals surface area contributed by atoms with E-state index in [0.29, 0.717) is 5.56 Å². The van der Waals surface area contributed by atoms with Crippen molar-refractivity contribution in [3.63, 3.8) is 0 Å². The molecule has 0 aliphatic rings. The van der Waals surface area contributed by atoms with Gasteiger partial charge in [-0.05, 0) is 23.8 Å². The van der Waals surface area contributed by atoms with Crippen molar-refractivity contribution >= 4 is 5.88 Å². The number of rotatable bonds is 2. The van der Waals surface area contributed by atoms with Gasteiger partial charge in [0.15, 0.2) is 0 Å². The number of hydrogen-bond acceptors (Lipinski definition) is 4. The van der Waals surface area contributed by atoms with Gasteiger partial charge in [0.05, 0.1) is 24.4 Å². The Morgan fingerprint density at radius 2 is 2.00 bits per heavy atom. The van der Waals surface area contributed by atoms with Gasteiger partial charge in [-0.3, -0.25) is 0 Å². The highest BCUT2D eigenvalue weighted by atomic mass is 19.4. The van der Waals surface area contributed by atoms with Crippen LogP contribution in [-0.2, 0) is 6.18 Å². The van der Waals surface area contributed by atoms with E-state index in [-0.39, 0.29) is 17.2 Å². The molecule has 2 aromatic rings. The molecule has 0 spiro atoms. The number of ether oxygens (including phenoxy) is 1. The Morgan fingerprint density at radius 3 is 2.50 bits per heavy atom. The molecule has 1 aromatic heterocycles. The molecule has 1 aromatic carbocycles. The average Bonchev–Trinajstić information content (AvgIpc) is 2.73. The van der Waals surface area contributed by atoms with E-state index in [1.54, 1.807) is 0 Å². The molecule has 0 amide bonds. The minimum Gasteiger partial charge on any atom is -0.497 e. The van der Waals surface area contributed by atoms with Crippen LogP contribution in [0.15, 0.2) is 28.9 Å². The normalized spacial score (nSPS) is 11.6. The van der Waals surface area contributed by atoms with E-state index in [1.807, 2.05) is 0 Å². The molecule has 0 saturated heterocycles. The fraction of sp³-hybridized carbons (Fsp3) is 0.182. The van der Waals surface area contributed by atoms with E-state index in [4.69, 9.17) is 10.5 Å². The Kier molecular flexibility index (Phi) is 2.90. The third-order valence-corrected chi connectivity index (χ3v) is 2.38. The zero-order chi connectivity index (χ0) is 13.3. The number of benzene rings is 1. The maximum absolute atomic E-state index is 12.7. The van der Waals surface area contributed by atoms with Crippen LogP contribution in [0.3, 0.4) is 0 Å². The third kappa shape index (κ3) is 2.24. The molecule has 18 heavy (non-hydrogen) atoms. The lowest BCUT2D eigenvalue weighted by Gasteiger charge is -2.10. The van der Waals surface area contributed by atoms with Gasteiger partial charge < -0.3 is 15.0 Å². The summed E-state index contributed by atoms with van der Waals surface area (Å²) in [7, 11) is 1.29. The summed E-state index contributed by atoms with van der Waals surface area (Å²) in [4.78, 5) is 0. The second kappa shape index (κ2) is 4.25. The number of hydrogen-bond donors (Lipinski definition) is 1. The molecule has 2 rings (SSSR count). The van der Waals surface area contributed by atoms with Crippen molar-refractivity contribution in [2.24, 2.45) is 0 Å². The van der Waals surface area contributed by atoms with Crippen LogP contribution in [0.25, 0.3) is 11.1 Å². The van der Waals surface area contributed by atoms with Crippen molar-refractivity contribution in [3.8, 4) is 16.9 Å². The van der Waals surface area contributed by atoms with Gasteiger partial charge in [0.25, 0.3) is 0 Å². The van der Waals surface area contributed by atoms with Crippen LogP contribution in [0.4, 0.5) is 19.1 Å². The largest absolute Gasteiger partial charge is 0.497 e. The molecule has 7 heteroatoms. The van der Waals surface area contributed by atoms with Gasteiger partial charge in [0.1, 0.15) is 5.75 Å². The summed E-state index contributed by atoms with van der Waals surface area (Å²) in [5.41, 5.74) is 5.18. The number of anilines is 1. The lowest BCUT2D eigenvalue weighted by molar-refractivity contribution is -0.137. The highest BCUT2D eigenvalue weighted by molar-refractivity contribution is 5.73. The molecule has 0 radical (unpaired) electrons. The molecule has 1 heterocycles. The Balaban J connectivity index is 2.58. The molecule has 0 aliphatic heterocycles. The van der Waals surface area contributed by atoms with Crippen molar-refractivity contribution in [2.45, 2.75) is 6.18 Å². The molecule has 96 valence electrons. The van der Waals surface area contributed by atoms with Crippen LogP contribution < -0.4 is 10.5 Å². The molecule has 0 aliphatic carbocycles. The number of methoxy groups -OCH3 is 1. The van der Waals surface area contributed by atoms with Gasteiger partial charge in [-0.15, -0.1) is 0 Å². The van der Waals surface area contributed by atoms with Gasteiger partial charge in [0.2, 0.25) is 5.88 Å². The maximum atomic E-state index is 12.7. The molecule has 2 N–H and O–H groups in total. The van der Waals surface area contributed by atoms with Gasteiger partial charge >= 0.3 is 6.18 Å². The predicted molar refractivity (Wildman–Crippen MR) is 57.9 cm³/mol. The number of aromatic nitrogens is 1. The Morgan fingerprint density at radius 1 is 1.28 bits per heavy atom. The summed E-state index contributed by atoms with van der Waals surface area (Å²) < 4.78 is 47.6. The van der Waals surface area contributed by atoms with E-state index >= 15 is 0 Å². The summed E-state index contributed by atoms with van der Waals surface area (Å²) in [5, 5.41) is 3.42. The monoisotopic (exact) mass is 258 g/mol. The number of nitrogen functional groups attached to an aromatic ring is 1. The topological polar surface area (TPSA) is 61.3 Å². The third-order valence-electron chi connectivity index (χ3n) is 2.38. The minimum absolute atomic E-state index is 0.0450. The Labute approximate surface area is 100 Å². The van der Waals surface area contributed by atoms with E-state index in [1.165, 1.54) is 19.4 Å². The van der Waals surface area contributed by atoms with Crippen LogP contribution in [-0.4, -0.2) is 12.3 Å². The number of nitrogens with two attached hydrogens (primary N) is 1. The predicted octanol–water partition coefficient (Wildman–Crippen LogP) is 2.95. The highest BCUT2D eigenvalue weighted by Crippen LogP contribution is 2.36. The van der Waals surface area contributed by atoms with Gasteiger partial charge in [0, 0.05) is 0 Å². The van der Waals surface area contributed by atoms with Gasteiger partial charge in [-0.25, -0.2) is 0 Å². The standard InChI is InChI=1S/C11H9F3N2O2/c1-17-8-3-6(9-5-16-18-10(9)15)2-7(4-8)11(12,13)14/h2-5H,15H2,1H3. The van der Waals surface area contributed by atoms with Crippen LogP contribution in [0.2, 0.25) is 0 Å². The van der Waals surface area contributed by atoms with Crippen LogP contribution >= 0.6 is 0 Å². The van der Waals surface area contributed by atoms with Crippen molar-refractivity contribution < 1.29 is 22.4 Å². The quantitative estimate of drug-likeness (QED) is 0.899. The molecular weight excluding hydrogens is 249 g/mol. The average molecular weight is 258 g/mol. The number of alkyl halides is 3. The van der Waals surface area contributed by atoms with Crippen molar-refractivity contribution in [2.75, 3.05) is 12.8 Å². The lowest BCUT2D eigenvalue weighted by atomic mass is 10.0. The first kappa shape index (κ1) is 12.3. The van der Waals surface area contributed by atoms with Gasteiger partial charge in [-0.1, -0.05) is 5.16 Å². The lowest BCUT2D eigenvalue weighted by Crippen LogP contribution is -2.05. The SMILES string of the molecule is COc1cc(-c2cnoc2N)cc(C(F)(F)F)c1. The van der Waals surface area contributed by atoms with Crippen LogP contribution in [0, 0.1) is 0 Å². The first-order chi connectivity index (χ1) is 8.41. The van der Waals surface area contributed by atoms with E-state index in [9.17, 15) is 13.2 Å². The summed E-state index contributed by atoms with van der Waals surface area (Å²) in [5.74, 6) is 0.0387.